The number of alkyl halides is 2. The highest BCUT2D eigenvalue weighted by Crippen LogP contribution is 2.54. The molecule has 10 nitrogen and oxygen atoms in total. The van der Waals surface area contributed by atoms with Crippen LogP contribution in [0, 0.1) is 5.41 Å². The van der Waals surface area contributed by atoms with Crippen molar-refractivity contribution in [3.8, 4) is 0 Å². The standard InChI is InChI=1S/C28H34F2N6O4S/c29-28(30)8-13-35(14-9-28)25-18-21(19-36-23(25)3-10-31-36)32-26(38)22-2-1-20(33-41(39,40)16-15-37)17-24(22)34-11-6-27(4-5-27)7-12-34/h1-3,10,17-19,33,37H,4-9,11-16H2,(H,32,38). The number of fused-ring (bicyclic) bond motifs is 1. The van der Waals surface area contributed by atoms with Gasteiger partial charge in [0.2, 0.25) is 10.0 Å². The van der Waals surface area contributed by atoms with Crippen molar-refractivity contribution in [1.29, 1.82) is 0 Å². The number of aliphatic hydroxyl groups is 1. The van der Waals surface area contributed by atoms with E-state index < -0.39 is 28.3 Å². The molecule has 0 unspecified atom stereocenters. The molecule has 3 fully saturated rings. The van der Waals surface area contributed by atoms with Crippen molar-refractivity contribution in [2.45, 2.75) is 44.4 Å². The SMILES string of the molecule is O=C(Nc1cc(N2CCC(F)(F)CC2)c2ccnn2c1)c1ccc(NS(=O)(=O)CCO)cc1N1CCC2(CC1)CC2. The Morgan fingerprint density at radius 2 is 1.59 bits per heavy atom. The number of halogens is 2. The molecular weight excluding hydrogens is 554 g/mol. The van der Waals surface area contributed by atoms with E-state index >= 15 is 0 Å². The fourth-order valence-electron chi connectivity index (χ4n) is 5.90. The molecule has 1 saturated carbocycles. The van der Waals surface area contributed by atoms with Crippen LogP contribution in [0.5, 0.6) is 0 Å². The number of aliphatic hydroxyl groups excluding tert-OH is 1. The molecule has 2 aliphatic heterocycles. The van der Waals surface area contributed by atoms with E-state index in [2.05, 4.69) is 20.0 Å². The number of carbonyl (C=O) groups excluding carboxylic acids is 1. The average Bonchev–Trinajstić information content (AvgIpc) is 3.50. The molecule has 1 spiro atoms. The lowest BCUT2D eigenvalue weighted by Crippen LogP contribution is -2.39. The third-order valence-corrected chi connectivity index (χ3v) is 9.84. The van der Waals surface area contributed by atoms with Gasteiger partial charge in [-0.1, -0.05) is 0 Å². The Kier molecular flexibility index (Phi) is 7.05. The van der Waals surface area contributed by atoms with Crippen molar-refractivity contribution >= 4 is 44.2 Å². The van der Waals surface area contributed by atoms with E-state index in [1.54, 1.807) is 35.1 Å². The van der Waals surface area contributed by atoms with Crippen molar-refractivity contribution in [3.63, 3.8) is 0 Å². The van der Waals surface area contributed by atoms with Gasteiger partial charge in [-0.2, -0.15) is 5.10 Å². The van der Waals surface area contributed by atoms with Crippen molar-refractivity contribution in [3.05, 3.63) is 48.3 Å². The predicted molar refractivity (Wildman–Crippen MR) is 154 cm³/mol. The fourth-order valence-corrected chi connectivity index (χ4v) is 6.73. The molecule has 3 aliphatic rings. The van der Waals surface area contributed by atoms with E-state index in [-0.39, 0.29) is 31.8 Å². The highest BCUT2D eigenvalue weighted by molar-refractivity contribution is 7.92. The molecule has 220 valence electrons. The summed E-state index contributed by atoms with van der Waals surface area (Å²) in [5.41, 5.74) is 3.69. The lowest BCUT2D eigenvalue weighted by atomic mass is 9.93. The maximum absolute atomic E-state index is 13.8. The number of aromatic nitrogens is 2. The van der Waals surface area contributed by atoms with Crippen molar-refractivity contribution in [2.75, 3.05) is 58.4 Å². The van der Waals surface area contributed by atoms with Gasteiger partial charge in [0.05, 0.1) is 58.6 Å². The summed E-state index contributed by atoms with van der Waals surface area (Å²) in [5.74, 6) is -3.48. The third kappa shape index (κ3) is 5.96. The molecule has 2 aromatic heterocycles. The van der Waals surface area contributed by atoms with Gasteiger partial charge in [-0.05, 0) is 61.4 Å². The number of piperidine rings is 2. The molecule has 6 rings (SSSR count). The van der Waals surface area contributed by atoms with Gasteiger partial charge < -0.3 is 20.2 Å². The molecule has 0 bridgehead atoms. The Morgan fingerprint density at radius 3 is 2.27 bits per heavy atom. The summed E-state index contributed by atoms with van der Waals surface area (Å²) in [6, 6.07) is 8.40. The second-order valence-electron chi connectivity index (χ2n) is 11.4. The summed E-state index contributed by atoms with van der Waals surface area (Å²) in [5, 5.41) is 16.4. The van der Waals surface area contributed by atoms with E-state index in [1.807, 2.05) is 11.0 Å². The van der Waals surface area contributed by atoms with Crippen LogP contribution < -0.4 is 19.8 Å². The van der Waals surface area contributed by atoms with Gasteiger partial charge in [-0.3, -0.25) is 9.52 Å². The van der Waals surface area contributed by atoms with Crippen LogP contribution in [0.15, 0.2) is 42.7 Å². The lowest BCUT2D eigenvalue weighted by molar-refractivity contribution is -0.0220. The molecule has 41 heavy (non-hydrogen) atoms. The average molecular weight is 589 g/mol. The monoisotopic (exact) mass is 588 g/mol. The Labute approximate surface area is 237 Å². The normalized spacial score (nSPS) is 19.9. The minimum atomic E-state index is -3.74. The van der Waals surface area contributed by atoms with E-state index in [9.17, 15) is 22.0 Å². The number of nitrogens with one attached hydrogen (secondary N) is 2. The van der Waals surface area contributed by atoms with E-state index in [0.29, 0.717) is 28.0 Å². The second-order valence-corrected chi connectivity index (χ2v) is 13.3. The molecule has 4 heterocycles. The summed E-state index contributed by atoms with van der Waals surface area (Å²) >= 11 is 0. The zero-order valence-corrected chi connectivity index (χ0v) is 23.5. The van der Waals surface area contributed by atoms with Crippen LogP contribution >= 0.6 is 0 Å². The summed E-state index contributed by atoms with van der Waals surface area (Å²) in [6.45, 7) is 1.41. The van der Waals surface area contributed by atoms with Gasteiger partial charge in [-0.25, -0.2) is 21.7 Å². The Balaban J connectivity index is 1.29. The van der Waals surface area contributed by atoms with Gasteiger partial charge >= 0.3 is 0 Å². The number of rotatable bonds is 8. The zero-order chi connectivity index (χ0) is 28.8. The van der Waals surface area contributed by atoms with Gasteiger partial charge in [0.15, 0.2) is 0 Å². The van der Waals surface area contributed by atoms with Crippen molar-refractivity contribution < 1.29 is 27.1 Å². The van der Waals surface area contributed by atoms with Crippen LogP contribution in [0.3, 0.4) is 0 Å². The number of hydrogen-bond acceptors (Lipinski definition) is 7. The summed E-state index contributed by atoms with van der Waals surface area (Å²) in [7, 11) is -3.74. The molecule has 0 radical (unpaired) electrons. The number of sulfonamides is 1. The second kappa shape index (κ2) is 10.4. The summed E-state index contributed by atoms with van der Waals surface area (Å²) < 4.78 is 56.4. The molecule has 1 amide bonds. The first-order chi connectivity index (χ1) is 19.6. The maximum atomic E-state index is 13.8. The molecule has 3 aromatic rings. The summed E-state index contributed by atoms with van der Waals surface area (Å²) in [4.78, 5) is 17.7. The first-order valence-corrected chi connectivity index (χ1v) is 15.6. The van der Waals surface area contributed by atoms with Gasteiger partial charge in [-0.15, -0.1) is 0 Å². The maximum Gasteiger partial charge on any atom is 0.257 e. The largest absolute Gasteiger partial charge is 0.395 e. The number of carbonyl (C=O) groups is 1. The van der Waals surface area contributed by atoms with Crippen LogP contribution in [0.4, 0.5) is 31.5 Å². The first-order valence-electron chi connectivity index (χ1n) is 14.0. The summed E-state index contributed by atoms with van der Waals surface area (Å²) in [6.07, 6.45) is 7.32. The molecular formula is C28H34F2N6O4S. The third-order valence-electron chi connectivity index (χ3n) is 8.58. The smallest absolute Gasteiger partial charge is 0.257 e. The van der Waals surface area contributed by atoms with Gasteiger partial charge in [0, 0.05) is 39.0 Å². The Bertz CT molecular complexity index is 1550. The van der Waals surface area contributed by atoms with Crippen LogP contribution in [-0.4, -0.2) is 73.5 Å². The molecule has 2 saturated heterocycles. The predicted octanol–water partition coefficient (Wildman–Crippen LogP) is 3.94. The fraction of sp³-hybridized carbons (Fsp3) is 0.500. The minimum absolute atomic E-state index is 0.194. The molecule has 1 aliphatic carbocycles. The first kappa shape index (κ1) is 27.7. The number of anilines is 4. The number of hydrogen-bond donors (Lipinski definition) is 3. The van der Waals surface area contributed by atoms with Crippen molar-refractivity contribution in [2.24, 2.45) is 5.41 Å². The molecule has 0 atom stereocenters. The number of pyridine rings is 1. The van der Waals surface area contributed by atoms with Crippen LogP contribution in [0.2, 0.25) is 0 Å². The van der Waals surface area contributed by atoms with Crippen molar-refractivity contribution in [1.82, 2.24) is 9.61 Å². The lowest BCUT2D eigenvalue weighted by Gasteiger charge is -2.35. The molecule has 3 N–H and O–H groups in total. The molecule has 13 heteroatoms. The number of nitrogens with zero attached hydrogens (tertiary/aromatic N) is 4. The quantitative estimate of drug-likeness (QED) is 0.365. The number of amides is 1. The zero-order valence-electron chi connectivity index (χ0n) is 22.7. The minimum Gasteiger partial charge on any atom is -0.395 e. The van der Waals surface area contributed by atoms with Gasteiger partial charge in [0.25, 0.3) is 11.8 Å². The Morgan fingerprint density at radius 1 is 0.927 bits per heavy atom. The topological polar surface area (TPSA) is 119 Å². The number of benzene rings is 1. The van der Waals surface area contributed by atoms with Gasteiger partial charge in [0.1, 0.15) is 0 Å². The van der Waals surface area contributed by atoms with E-state index in [1.165, 1.54) is 18.9 Å². The van der Waals surface area contributed by atoms with Crippen LogP contribution in [0.25, 0.3) is 5.52 Å². The Hall–Kier alpha value is -3.45. The highest BCUT2D eigenvalue weighted by atomic mass is 32.2. The van der Waals surface area contributed by atoms with E-state index in [4.69, 9.17) is 5.11 Å². The van der Waals surface area contributed by atoms with E-state index in [0.717, 1.165) is 37.1 Å². The van der Waals surface area contributed by atoms with Crippen LogP contribution in [0.1, 0.15) is 48.9 Å². The van der Waals surface area contributed by atoms with Crippen LogP contribution in [-0.2, 0) is 10.0 Å². The molecule has 1 aromatic carbocycles. The highest BCUT2D eigenvalue weighted by Gasteiger charge is 2.44.